The highest BCUT2D eigenvalue weighted by Gasteiger charge is 2.08. The second-order valence-corrected chi connectivity index (χ2v) is 4.07. The highest BCUT2D eigenvalue weighted by Crippen LogP contribution is 2.06. The smallest absolute Gasteiger partial charge is 0.287 e. The molecule has 2 N–H and O–H groups in total. The molecule has 0 saturated carbocycles. The van der Waals surface area contributed by atoms with Crippen LogP contribution < -0.4 is 10.9 Å². The van der Waals surface area contributed by atoms with Gasteiger partial charge in [0.1, 0.15) is 5.69 Å². The van der Waals surface area contributed by atoms with Gasteiger partial charge in [0.2, 0.25) is 0 Å². The number of benzene rings is 1. The Labute approximate surface area is 104 Å². The highest BCUT2D eigenvalue weighted by atomic mass is 16.2. The van der Waals surface area contributed by atoms with Gasteiger partial charge < -0.3 is 5.32 Å². The molecule has 2 rings (SSSR count). The number of carbonyl (C=O) groups excluding carboxylic acids is 1. The molecule has 1 aromatic heterocycles. The summed E-state index contributed by atoms with van der Waals surface area (Å²) < 4.78 is 0. The molecule has 1 heterocycles. The molecule has 18 heavy (non-hydrogen) atoms. The number of nitrogens with zero attached hydrogens (tertiary/aromatic N) is 1. The number of nitrogens with one attached hydrogen (secondary N) is 2. The van der Waals surface area contributed by atoms with Gasteiger partial charge in [-0.15, -0.1) is 0 Å². The summed E-state index contributed by atoms with van der Waals surface area (Å²) in [5.41, 5.74) is 2.00. The number of aryl methyl sites for hydroxylation is 2. The standard InChI is InChI=1S/C13H13N3O2/c1-8-3-5-10(6-4-8)12(17)14-11-7-9(2)15-16-13(11)18/h3-7H,1-2H3,(H,16,18)(H,14,15,17). The molecule has 0 spiro atoms. The van der Waals surface area contributed by atoms with Crippen molar-refractivity contribution in [3.63, 3.8) is 0 Å². The number of rotatable bonds is 2. The molecule has 0 radical (unpaired) electrons. The van der Waals surface area contributed by atoms with Gasteiger partial charge in [0.25, 0.3) is 11.5 Å². The third kappa shape index (κ3) is 2.63. The van der Waals surface area contributed by atoms with Crippen molar-refractivity contribution in [2.75, 3.05) is 5.32 Å². The molecule has 5 nitrogen and oxygen atoms in total. The van der Waals surface area contributed by atoms with Crippen LogP contribution in [0.25, 0.3) is 0 Å². The Hall–Kier alpha value is -2.43. The lowest BCUT2D eigenvalue weighted by molar-refractivity contribution is 0.102. The normalized spacial score (nSPS) is 10.1. The molecule has 0 bridgehead atoms. The molecule has 5 heteroatoms. The molecule has 92 valence electrons. The van der Waals surface area contributed by atoms with Crippen LogP contribution in [-0.4, -0.2) is 16.1 Å². The molecular weight excluding hydrogens is 230 g/mol. The van der Waals surface area contributed by atoms with Crippen molar-refractivity contribution < 1.29 is 4.79 Å². The lowest BCUT2D eigenvalue weighted by Crippen LogP contribution is -2.20. The van der Waals surface area contributed by atoms with Crippen LogP contribution in [0.4, 0.5) is 5.69 Å². The van der Waals surface area contributed by atoms with Crippen molar-refractivity contribution >= 4 is 11.6 Å². The van der Waals surface area contributed by atoms with Gasteiger partial charge in [-0.3, -0.25) is 9.59 Å². The van der Waals surface area contributed by atoms with Crippen molar-refractivity contribution in [3.8, 4) is 0 Å². The number of carbonyl (C=O) groups is 1. The minimum absolute atomic E-state index is 0.202. The van der Waals surface area contributed by atoms with E-state index in [1.807, 2.05) is 19.1 Å². The Balaban J connectivity index is 2.24. The number of aromatic amines is 1. The quantitative estimate of drug-likeness (QED) is 0.842. The second-order valence-electron chi connectivity index (χ2n) is 4.07. The maximum absolute atomic E-state index is 11.9. The number of hydrogen-bond acceptors (Lipinski definition) is 3. The van der Waals surface area contributed by atoms with Gasteiger partial charge in [-0.2, -0.15) is 5.10 Å². The van der Waals surface area contributed by atoms with Crippen LogP contribution >= 0.6 is 0 Å². The van der Waals surface area contributed by atoms with Gasteiger partial charge in [-0.25, -0.2) is 5.10 Å². The summed E-state index contributed by atoms with van der Waals surface area (Å²) in [7, 11) is 0. The van der Waals surface area contributed by atoms with Crippen LogP contribution in [0, 0.1) is 13.8 Å². The van der Waals surface area contributed by atoms with Crippen LogP contribution in [0.1, 0.15) is 21.6 Å². The summed E-state index contributed by atoms with van der Waals surface area (Å²) in [5, 5.41) is 8.62. The Morgan fingerprint density at radius 2 is 1.89 bits per heavy atom. The van der Waals surface area contributed by atoms with Crippen molar-refractivity contribution in [2.24, 2.45) is 0 Å². The van der Waals surface area contributed by atoms with Crippen LogP contribution in [-0.2, 0) is 0 Å². The molecule has 0 aliphatic carbocycles. The zero-order valence-electron chi connectivity index (χ0n) is 10.2. The summed E-state index contributed by atoms with van der Waals surface area (Å²) >= 11 is 0. The summed E-state index contributed by atoms with van der Waals surface area (Å²) in [6.45, 7) is 3.68. The first kappa shape index (κ1) is 12.0. The largest absolute Gasteiger partial charge is 0.317 e. The number of aromatic nitrogens is 2. The molecule has 1 amide bonds. The maximum atomic E-state index is 11.9. The third-order valence-electron chi connectivity index (χ3n) is 2.49. The number of anilines is 1. The van der Waals surface area contributed by atoms with E-state index < -0.39 is 5.56 Å². The minimum atomic E-state index is -0.416. The Morgan fingerprint density at radius 1 is 1.22 bits per heavy atom. The lowest BCUT2D eigenvalue weighted by Gasteiger charge is -2.04. The summed E-state index contributed by atoms with van der Waals surface area (Å²) in [6.07, 6.45) is 0. The Bertz CT molecular complexity index is 629. The molecule has 0 atom stereocenters. The van der Waals surface area contributed by atoms with Crippen LogP contribution in [0.15, 0.2) is 35.1 Å². The molecule has 0 saturated heterocycles. The zero-order valence-corrected chi connectivity index (χ0v) is 10.2. The third-order valence-corrected chi connectivity index (χ3v) is 2.49. The van der Waals surface area contributed by atoms with Crippen LogP contribution in [0.3, 0.4) is 0 Å². The monoisotopic (exact) mass is 243 g/mol. The van der Waals surface area contributed by atoms with Crippen molar-refractivity contribution in [1.29, 1.82) is 0 Å². The summed E-state index contributed by atoms with van der Waals surface area (Å²) in [5.74, 6) is -0.314. The van der Waals surface area contributed by atoms with E-state index in [0.717, 1.165) is 5.56 Å². The van der Waals surface area contributed by atoms with Gasteiger partial charge in [0, 0.05) is 5.56 Å². The van der Waals surface area contributed by atoms with Gasteiger partial charge in [0.05, 0.1) is 5.69 Å². The highest BCUT2D eigenvalue weighted by molar-refractivity contribution is 6.04. The molecule has 0 fully saturated rings. The van der Waals surface area contributed by atoms with E-state index >= 15 is 0 Å². The number of H-pyrrole nitrogens is 1. The maximum Gasteiger partial charge on any atom is 0.287 e. The van der Waals surface area contributed by atoms with Crippen LogP contribution in [0.2, 0.25) is 0 Å². The van der Waals surface area contributed by atoms with E-state index in [9.17, 15) is 9.59 Å². The first-order chi connectivity index (χ1) is 8.56. The fourth-order valence-electron chi connectivity index (χ4n) is 1.50. The van der Waals surface area contributed by atoms with E-state index in [-0.39, 0.29) is 11.6 Å². The van der Waals surface area contributed by atoms with Crippen molar-refractivity contribution in [1.82, 2.24) is 10.2 Å². The van der Waals surface area contributed by atoms with E-state index in [0.29, 0.717) is 11.3 Å². The molecule has 2 aromatic rings. The predicted octanol–water partition coefficient (Wildman–Crippen LogP) is 1.64. The van der Waals surface area contributed by atoms with Gasteiger partial charge in [0.15, 0.2) is 0 Å². The predicted molar refractivity (Wildman–Crippen MR) is 68.7 cm³/mol. The van der Waals surface area contributed by atoms with Gasteiger partial charge in [-0.1, -0.05) is 17.7 Å². The van der Waals surface area contributed by atoms with E-state index in [4.69, 9.17) is 0 Å². The zero-order chi connectivity index (χ0) is 13.1. The fraction of sp³-hybridized carbons (Fsp3) is 0.154. The minimum Gasteiger partial charge on any atom is -0.317 e. The SMILES string of the molecule is Cc1ccc(C(=O)Nc2cc(C)n[nH]c2=O)cc1. The lowest BCUT2D eigenvalue weighted by atomic mass is 10.1. The first-order valence-electron chi connectivity index (χ1n) is 5.50. The van der Waals surface area contributed by atoms with Crippen molar-refractivity contribution in [2.45, 2.75) is 13.8 Å². The fourth-order valence-corrected chi connectivity index (χ4v) is 1.50. The van der Waals surface area contributed by atoms with E-state index in [1.54, 1.807) is 19.1 Å². The molecule has 0 aliphatic rings. The average Bonchev–Trinajstić information content (AvgIpc) is 2.34. The summed E-state index contributed by atoms with van der Waals surface area (Å²) in [6, 6.07) is 8.65. The van der Waals surface area contributed by atoms with Crippen LogP contribution in [0.5, 0.6) is 0 Å². The average molecular weight is 243 g/mol. The Kier molecular flexibility index (Phi) is 3.23. The first-order valence-corrected chi connectivity index (χ1v) is 5.50. The van der Waals surface area contributed by atoms with E-state index in [2.05, 4.69) is 15.5 Å². The van der Waals surface area contributed by atoms with Crippen molar-refractivity contribution in [3.05, 3.63) is 57.5 Å². The molecule has 0 aliphatic heterocycles. The topological polar surface area (TPSA) is 74.8 Å². The number of hydrogen-bond donors (Lipinski definition) is 2. The molecule has 1 aromatic carbocycles. The second kappa shape index (κ2) is 4.83. The van der Waals surface area contributed by atoms with Gasteiger partial charge >= 0.3 is 0 Å². The summed E-state index contributed by atoms with van der Waals surface area (Å²) in [4.78, 5) is 23.4. The number of amides is 1. The van der Waals surface area contributed by atoms with Gasteiger partial charge in [-0.05, 0) is 32.0 Å². The Morgan fingerprint density at radius 3 is 2.56 bits per heavy atom. The molecule has 0 unspecified atom stereocenters. The molecular formula is C13H13N3O2. The van der Waals surface area contributed by atoms with E-state index in [1.165, 1.54) is 6.07 Å².